The second kappa shape index (κ2) is 5.77. The standard InChI is InChI=1S/C16H25N3/c1-4-13-7-6-8-16(10-13,12-17)11-15-9-14(5-2)18-19(15)3/h9,13H,4-8,10-11H2,1-3H3. The molecule has 1 saturated carbocycles. The number of aryl methyl sites for hydroxylation is 2. The molecule has 1 aliphatic rings. The van der Waals surface area contributed by atoms with Crippen LogP contribution in [0, 0.1) is 22.7 Å². The van der Waals surface area contributed by atoms with E-state index in [9.17, 15) is 5.26 Å². The molecule has 0 amide bonds. The topological polar surface area (TPSA) is 41.6 Å². The fraction of sp³-hybridized carbons (Fsp3) is 0.750. The fourth-order valence-corrected chi connectivity index (χ4v) is 3.39. The first kappa shape index (κ1) is 14.1. The van der Waals surface area contributed by atoms with Crippen molar-refractivity contribution in [3.63, 3.8) is 0 Å². The van der Waals surface area contributed by atoms with E-state index in [1.54, 1.807) is 0 Å². The second-order valence-electron chi connectivity index (χ2n) is 6.04. The highest BCUT2D eigenvalue weighted by molar-refractivity contribution is 5.16. The quantitative estimate of drug-likeness (QED) is 0.828. The van der Waals surface area contributed by atoms with Gasteiger partial charge in [-0.3, -0.25) is 4.68 Å². The van der Waals surface area contributed by atoms with Crippen LogP contribution in [0.15, 0.2) is 6.07 Å². The van der Waals surface area contributed by atoms with E-state index in [4.69, 9.17) is 0 Å². The monoisotopic (exact) mass is 259 g/mol. The number of nitriles is 1. The molecule has 0 aromatic carbocycles. The smallest absolute Gasteiger partial charge is 0.0693 e. The van der Waals surface area contributed by atoms with Gasteiger partial charge in [-0.1, -0.05) is 33.1 Å². The lowest BCUT2D eigenvalue weighted by Crippen LogP contribution is -2.30. The number of aromatic nitrogens is 2. The van der Waals surface area contributed by atoms with E-state index in [0.29, 0.717) is 0 Å². The van der Waals surface area contributed by atoms with Crippen LogP contribution in [0.3, 0.4) is 0 Å². The van der Waals surface area contributed by atoms with Gasteiger partial charge in [-0.25, -0.2) is 0 Å². The van der Waals surface area contributed by atoms with E-state index in [1.807, 2.05) is 11.7 Å². The lowest BCUT2D eigenvalue weighted by atomic mass is 9.67. The van der Waals surface area contributed by atoms with Crippen LogP contribution in [0.1, 0.15) is 57.3 Å². The minimum atomic E-state index is -0.155. The minimum Gasteiger partial charge on any atom is -0.272 e. The van der Waals surface area contributed by atoms with E-state index in [2.05, 4.69) is 31.1 Å². The van der Waals surface area contributed by atoms with Crippen LogP contribution in [-0.2, 0) is 19.9 Å². The van der Waals surface area contributed by atoms with Crippen molar-refractivity contribution in [3.8, 4) is 6.07 Å². The summed E-state index contributed by atoms with van der Waals surface area (Å²) in [6.45, 7) is 4.37. The van der Waals surface area contributed by atoms with Gasteiger partial charge in [-0.05, 0) is 31.2 Å². The highest BCUT2D eigenvalue weighted by Crippen LogP contribution is 2.42. The first-order valence-corrected chi connectivity index (χ1v) is 7.55. The molecule has 104 valence electrons. The predicted molar refractivity (Wildman–Crippen MR) is 76.6 cm³/mol. The van der Waals surface area contributed by atoms with Crippen molar-refractivity contribution in [1.29, 1.82) is 5.26 Å². The summed E-state index contributed by atoms with van der Waals surface area (Å²) < 4.78 is 1.97. The molecular weight excluding hydrogens is 234 g/mol. The average Bonchev–Trinajstić information content (AvgIpc) is 2.79. The van der Waals surface area contributed by atoms with Gasteiger partial charge in [0.25, 0.3) is 0 Å². The minimum absolute atomic E-state index is 0.155. The third kappa shape index (κ3) is 3.00. The van der Waals surface area contributed by atoms with Gasteiger partial charge in [-0.2, -0.15) is 10.4 Å². The van der Waals surface area contributed by atoms with Gasteiger partial charge >= 0.3 is 0 Å². The van der Waals surface area contributed by atoms with Crippen molar-refractivity contribution in [3.05, 3.63) is 17.5 Å². The molecule has 3 heteroatoms. The number of rotatable bonds is 4. The molecule has 3 nitrogen and oxygen atoms in total. The van der Waals surface area contributed by atoms with Crippen molar-refractivity contribution >= 4 is 0 Å². The van der Waals surface area contributed by atoms with Crippen molar-refractivity contribution in [1.82, 2.24) is 9.78 Å². The Bertz CT molecular complexity index is 469. The maximum atomic E-state index is 9.69. The summed E-state index contributed by atoms with van der Waals surface area (Å²) in [4.78, 5) is 0. The van der Waals surface area contributed by atoms with Gasteiger partial charge in [0.1, 0.15) is 0 Å². The summed E-state index contributed by atoms with van der Waals surface area (Å²) in [5, 5.41) is 14.2. The van der Waals surface area contributed by atoms with Crippen molar-refractivity contribution in [2.45, 2.75) is 58.8 Å². The highest BCUT2D eigenvalue weighted by Gasteiger charge is 2.36. The number of nitrogens with zero attached hydrogens (tertiary/aromatic N) is 3. The third-order valence-corrected chi connectivity index (χ3v) is 4.67. The zero-order chi connectivity index (χ0) is 13.9. The maximum Gasteiger partial charge on any atom is 0.0693 e. The molecule has 0 N–H and O–H groups in total. The molecule has 2 atom stereocenters. The third-order valence-electron chi connectivity index (χ3n) is 4.67. The molecule has 2 unspecified atom stereocenters. The Balaban J connectivity index is 2.18. The fourth-order valence-electron chi connectivity index (χ4n) is 3.39. The molecular formula is C16H25N3. The average molecular weight is 259 g/mol. The van der Waals surface area contributed by atoms with Crippen LogP contribution in [-0.4, -0.2) is 9.78 Å². The molecule has 1 fully saturated rings. The van der Waals surface area contributed by atoms with Gasteiger partial charge < -0.3 is 0 Å². The van der Waals surface area contributed by atoms with Gasteiger partial charge in [-0.15, -0.1) is 0 Å². The molecule has 0 saturated heterocycles. The Kier molecular flexibility index (Phi) is 4.29. The van der Waals surface area contributed by atoms with Gasteiger partial charge in [0.15, 0.2) is 0 Å². The lowest BCUT2D eigenvalue weighted by molar-refractivity contribution is 0.191. The molecule has 19 heavy (non-hydrogen) atoms. The summed E-state index contributed by atoms with van der Waals surface area (Å²) >= 11 is 0. The lowest BCUT2D eigenvalue weighted by Gasteiger charge is -2.35. The summed E-state index contributed by atoms with van der Waals surface area (Å²) in [6.07, 6.45) is 7.64. The van der Waals surface area contributed by atoms with Crippen molar-refractivity contribution < 1.29 is 0 Å². The SMILES string of the molecule is CCc1cc(CC2(C#N)CCCC(CC)C2)n(C)n1. The first-order valence-electron chi connectivity index (χ1n) is 7.55. The number of hydrogen-bond donors (Lipinski definition) is 0. The molecule has 0 spiro atoms. The van der Waals surface area contributed by atoms with Crippen LogP contribution < -0.4 is 0 Å². The second-order valence-corrected chi connectivity index (χ2v) is 6.04. The summed E-state index contributed by atoms with van der Waals surface area (Å²) in [5.74, 6) is 0.729. The van der Waals surface area contributed by atoms with Crippen molar-refractivity contribution in [2.24, 2.45) is 18.4 Å². The number of hydrogen-bond acceptors (Lipinski definition) is 2. The maximum absolute atomic E-state index is 9.69. The highest BCUT2D eigenvalue weighted by atomic mass is 15.3. The molecule has 0 bridgehead atoms. The van der Waals surface area contributed by atoms with E-state index in [-0.39, 0.29) is 5.41 Å². The van der Waals surface area contributed by atoms with Gasteiger partial charge in [0.05, 0.1) is 17.2 Å². The predicted octanol–water partition coefficient (Wildman–Crippen LogP) is 3.64. The van der Waals surface area contributed by atoms with Crippen LogP contribution in [0.25, 0.3) is 0 Å². The van der Waals surface area contributed by atoms with Gasteiger partial charge in [0.2, 0.25) is 0 Å². The largest absolute Gasteiger partial charge is 0.272 e. The van der Waals surface area contributed by atoms with Crippen LogP contribution in [0.4, 0.5) is 0 Å². The molecule has 2 rings (SSSR count). The first-order chi connectivity index (χ1) is 9.12. The van der Waals surface area contributed by atoms with Crippen LogP contribution in [0.2, 0.25) is 0 Å². The zero-order valence-corrected chi connectivity index (χ0v) is 12.4. The molecule has 1 aliphatic carbocycles. The molecule has 1 aromatic heterocycles. The van der Waals surface area contributed by atoms with E-state index >= 15 is 0 Å². The van der Waals surface area contributed by atoms with Gasteiger partial charge in [0, 0.05) is 19.2 Å². The molecule has 1 aromatic rings. The van der Waals surface area contributed by atoms with Crippen LogP contribution in [0.5, 0.6) is 0 Å². The molecule has 1 heterocycles. The normalized spacial score (nSPS) is 27.2. The summed E-state index contributed by atoms with van der Waals surface area (Å²) in [5.41, 5.74) is 2.20. The Morgan fingerprint density at radius 1 is 1.53 bits per heavy atom. The molecule has 0 aliphatic heterocycles. The molecule has 0 radical (unpaired) electrons. The Morgan fingerprint density at radius 3 is 2.89 bits per heavy atom. The van der Waals surface area contributed by atoms with Crippen LogP contribution >= 0.6 is 0 Å². The van der Waals surface area contributed by atoms with Crippen molar-refractivity contribution in [2.75, 3.05) is 0 Å². The Morgan fingerprint density at radius 2 is 2.32 bits per heavy atom. The Labute approximate surface area is 116 Å². The van der Waals surface area contributed by atoms with E-state index in [0.717, 1.165) is 37.3 Å². The summed E-state index contributed by atoms with van der Waals surface area (Å²) in [6, 6.07) is 4.82. The Hall–Kier alpha value is -1.30. The van der Waals surface area contributed by atoms with E-state index in [1.165, 1.54) is 25.0 Å². The summed E-state index contributed by atoms with van der Waals surface area (Å²) in [7, 11) is 2.00. The zero-order valence-electron chi connectivity index (χ0n) is 12.4. The van der Waals surface area contributed by atoms with E-state index < -0.39 is 0 Å².